The Morgan fingerprint density at radius 3 is 1.42 bits per heavy atom. The molecular formula is C61H84N8O10. The molecule has 1 unspecified atom stereocenters. The van der Waals surface area contributed by atoms with Gasteiger partial charge in [-0.25, -0.2) is 4.79 Å². The topological polar surface area (TPSA) is 265 Å². The predicted molar refractivity (Wildman–Crippen MR) is 303 cm³/mol. The molecule has 18 heteroatoms. The molecule has 9 N–H and O–H groups in total. The van der Waals surface area contributed by atoms with Crippen LogP contribution in [0.1, 0.15) is 104 Å². The molecule has 0 radical (unpaired) electrons. The summed E-state index contributed by atoms with van der Waals surface area (Å²) < 4.78 is 11.9. The number of rotatable bonds is 32. The molecule has 4 aromatic carbocycles. The number of amides is 7. The van der Waals surface area contributed by atoms with Gasteiger partial charge in [0.25, 0.3) is 0 Å². The van der Waals surface area contributed by atoms with E-state index in [1.165, 1.54) is 0 Å². The van der Waals surface area contributed by atoms with Crippen LogP contribution in [0.15, 0.2) is 121 Å². The average Bonchev–Trinajstić information content (AvgIpc) is 3.44. The van der Waals surface area contributed by atoms with Gasteiger partial charge < -0.3 is 52.4 Å². The van der Waals surface area contributed by atoms with Crippen molar-refractivity contribution in [2.24, 2.45) is 35.3 Å². The van der Waals surface area contributed by atoms with Gasteiger partial charge in [-0.2, -0.15) is 0 Å². The Balaban J connectivity index is 1.58. The highest BCUT2D eigenvalue weighted by molar-refractivity contribution is 6.03. The number of esters is 1. The minimum atomic E-state index is -1.40. The highest BCUT2D eigenvalue weighted by Crippen LogP contribution is 2.16. The van der Waals surface area contributed by atoms with Crippen molar-refractivity contribution in [1.29, 1.82) is 0 Å². The molecule has 4 aromatic rings. The van der Waals surface area contributed by atoms with E-state index in [0.29, 0.717) is 24.0 Å². The first kappa shape index (κ1) is 64.1. The number of benzene rings is 4. The molecule has 0 bridgehead atoms. The van der Waals surface area contributed by atoms with Crippen molar-refractivity contribution in [2.45, 2.75) is 150 Å². The van der Waals surface area contributed by atoms with Crippen LogP contribution >= 0.6 is 0 Å². The second kappa shape index (κ2) is 33.1. The third kappa shape index (κ3) is 22.1. The van der Waals surface area contributed by atoms with Crippen molar-refractivity contribution in [3.63, 3.8) is 0 Å². The van der Waals surface area contributed by atoms with Gasteiger partial charge in [0, 0.05) is 6.42 Å². The maximum atomic E-state index is 14.8. The first-order valence-corrected chi connectivity index (χ1v) is 27.4. The normalized spacial score (nSPS) is 14.7. The van der Waals surface area contributed by atoms with E-state index >= 15 is 0 Å². The van der Waals surface area contributed by atoms with Gasteiger partial charge >= 0.3 is 5.97 Å². The van der Waals surface area contributed by atoms with Gasteiger partial charge in [0.1, 0.15) is 42.7 Å². The zero-order chi connectivity index (χ0) is 58.0. The quantitative estimate of drug-likeness (QED) is 0.0180. The molecule has 79 heavy (non-hydrogen) atoms. The van der Waals surface area contributed by atoms with Gasteiger partial charge in [-0.05, 0) is 72.1 Å². The summed E-state index contributed by atoms with van der Waals surface area (Å²) in [4.78, 5) is 112. The summed E-state index contributed by atoms with van der Waals surface area (Å²) >= 11 is 0. The largest absolute Gasteiger partial charge is 0.459 e. The number of hydrogen-bond acceptors (Lipinski definition) is 11. The summed E-state index contributed by atoms with van der Waals surface area (Å²) in [5.74, 6) is -7.56. The van der Waals surface area contributed by atoms with E-state index in [0.717, 1.165) is 11.1 Å². The second-order valence-electron chi connectivity index (χ2n) is 21.4. The van der Waals surface area contributed by atoms with Gasteiger partial charge in [-0.15, -0.1) is 0 Å². The van der Waals surface area contributed by atoms with Crippen LogP contribution in [0.2, 0.25) is 0 Å². The summed E-state index contributed by atoms with van der Waals surface area (Å²) in [5.41, 5.74) is 9.04. The zero-order valence-electron chi connectivity index (χ0n) is 47.3. The van der Waals surface area contributed by atoms with Crippen LogP contribution in [-0.2, 0) is 73.9 Å². The number of nitrogens with two attached hydrogens (primary N) is 1. The smallest absolute Gasteiger partial charge is 0.328 e. The maximum Gasteiger partial charge on any atom is 0.328 e. The average molecular weight is 1090 g/mol. The molecule has 0 saturated heterocycles. The fourth-order valence-electron chi connectivity index (χ4n) is 8.54. The van der Waals surface area contributed by atoms with Crippen molar-refractivity contribution in [2.75, 3.05) is 6.67 Å². The summed E-state index contributed by atoms with van der Waals surface area (Å²) in [6, 6.07) is 29.3. The third-order valence-electron chi connectivity index (χ3n) is 13.4. The fraction of sp³-hybridized carbons (Fsp3) is 0.475. The molecule has 18 nitrogen and oxygen atoms in total. The standard InChI is InChI=1S/C61H84N8O10/c1-10-41(8)51(62)58(74)65-48(31-38(2)3)56(72)64-37-63-54(70)47(33-43-23-15-11-16-24-43)55(71)68-52(40(6)7)59(75)66-49(34-44-25-17-12-18-26-44)57(73)69-53(42(9)78-35-45-27-19-13-20-28-45)60(76)67-50(32-39(4)5)61(77)79-36-46-29-21-14-22-30-46/h11-30,38-42,47-53H,10,31-37,62H2,1-9H3,(H,63,70)(H,64,72)(H,65,74)(H,66,75)(H,67,76)(H,68,71)(H,69,73)/t41-,42+,47?,48-,49-,50-,51-,52-,53-/m0/s1. The fourth-order valence-corrected chi connectivity index (χ4v) is 8.54. The van der Waals surface area contributed by atoms with E-state index < -0.39 is 102 Å². The Kier molecular flexibility index (Phi) is 26.9. The monoisotopic (exact) mass is 1090 g/mol. The molecule has 0 aliphatic rings. The van der Waals surface area contributed by atoms with Crippen LogP contribution in [0.25, 0.3) is 0 Å². The molecule has 428 valence electrons. The van der Waals surface area contributed by atoms with Gasteiger partial charge in [0.05, 0.1) is 25.4 Å². The lowest BCUT2D eigenvalue weighted by Gasteiger charge is -2.30. The molecule has 0 saturated carbocycles. The van der Waals surface area contributed by atoms with Gasteiger partial charge in [0.2, 0.25) is 41.4 Å². The highest BCUT2D eigenvalue weighted by atomic mass is 16.5. The minimum absolute atomic E-state index is 0.0163. The first-order valence-electron chi connectivity index (χ1n) is 27.4. The van der Waals surface area contributed by atoms with Crippen LogP contribution < -0.4 is 43.0 Å². The summed E-state index contributed by atoms with van der Waals surface area (Å²) in [5, 5.41) is 19.3. The zero-order valence-corrected chi connectivity index (χ0v) is 47.3. The van der Waals surface area contributed by atoms with Gasteiger partial charge in [-0.1, -0.05) is 183 Å². The molecule has 0 heterocycles. The van der Waals surface area contributed by atoms with Crippen molar-refractivity contribution in [3.8, 4) is 0 Å². The number of nitrogens with one attached hydrogen (secondary N) is 7. The highest BCUT2D eigenvalue weighted by Gasteiger charge is 2.37. The number of hydrogen-bond donors (Lipinski definition) is 8. The molecule has 9 atom stereocenters. The number of ether oxygens (including phenoxy) is 2. The molecule has 0 aliphatic carbocycles. The van der Waals surface area contributed by atoms with E-state index in [9.17, 15) is 38.4 Å². The second-order valence-corrected chi connectivity index (χ2v) is 21.4. The molecule has 0 spiro atoms. The molecule has 7 amide bonds. The summed E-state index contributed by atoms with van der Waals surface area (Å²) in [7, 11) is 0. The van der Waals surface area contributed by atoms with E-state index in [-0.39, 0.29) is 56.9 Å². The Bertz CT molecular complexity index is 2550. The molecule has 0 aliphatic heterocycles. The Morgan fingerprint density at radius 2 is 0.899 bits per heavy atom. The lowest BCUT2D eigenvalue weighted by Crippen LogP contribution is -2.61. The maximum absolute atomic E-state index is 14.8. The third-order valence-corrected chi connectivity index (χ3v) is 13.4. The van der Waals surface area contributed by atoms with E-state index in [1.807, 2.05) is 102 Å². The minimum Gasteiger partial charge on any atom is -0.459 e. The van der Waals surface area contributed by atoms with Crippen molar-refractivity contribution < 1.29 is 47.8 Å². The van der Waals surface area contributed by atoms with E-state index in [4.69, 9.17) is 15.2 Å². The molecule has 4 rings (SSSR count). The van der Waals surface area contributed by atoms with Gasteiger partial charge in [-0.3, -0.25) is 33.6 Å². The lowest BCUT2D eigenvalue weighted by molar-refractivity contribution is -0.150. The number of carbonyl (C=O) groups excluding carboxylic acids is 8. The predicted octanol–water partition coefficient (Wildman–Crippen LogP) is 5.17. The lowest BCUT2D eigenvalue weighted by atomic mass is 9.95. The van der Waals surface area contributed by atoms with E-state index in [1.54, 1.807) is 81.4 Å². The molecule has 0 aromatic heterocycles. The van der Waals surface area contributed by atoms with Crippen molar-refractivity contribution in [1.82, 2.24) is 37.2 Å². The van der Waals surface area contributed by atoms with E-state index in [2.05, 4.69) is 37.2 Å². The Labute approximate surface area is 466 Å². The van der Waals surface area contributed by atoms with Crippen molar-refractivity contribution in [3.05, 3.63) is 144 Å². The molecular weight excluding hydrogens is 1000 g/mol. The first-order chi connectivity index (χ1) is 37.7. The van der Waals surface area contributed by atoms with Crippen LogP contribution in [0, 0.1) is 29.6 Å². The summed E-state index contributed by atoms with van der Waals surface area (Å²) in [6.07, 6.45) is 0.113. The Morgan fingerprint density at radius 1 is 0.456 bits per heavy atom. The molecule has 0 fully saturated rings. The SMILES string of the molecule is CC[C@H](C)[C@H](N)C(=O)N[C@@H](CC(C)C)C(=O)NCNC(=O)C(Cc1ccccc1)C(=O)N[C@H](C(=O)N[C@@H](Cc1ccccc1)C(=O)N[C@H](C(=O)N[C@@H](CC(C)C)C(=O)OCc1ccccc1)[C@@H](C)OCc1ccccc1)C(C)C. The Hall–Kier alpha value is -7.44. The van der Waals surface area contributed by atoms with Gasteiger partial charge in [0.15, 0.2) is 0 Å². The number of carbonyl (C=O) groups is 8. The van der Waals surface area contributed by atoms with Crippen LogP contribution in [0.4, 0.5) is 0 Å². The van der Waals surface area contributed by atoms with Crippen LogP contribution in [0.5, 0.6) is 0 Å². The van der Waals surface area contributed by atoms with Crippen LogP contribution in [-0.4, -0.2) is 96.3 Å². The summed E-state index contributed by atoms with van der Waals surface area (Å²) in [6.45, 7) is 16.1. The van der Waals surface area contributed by atoms with Crippen LogP contribution in [0.3, 0.4) is 0 Å². The van der Waals surface area contributed by atoms with Crippen molar-refractivity contribution >= 4 is 47.3 Å².